The molecule has 7 nitrogen and oxygen atoms in total. The van der Waals surface area contributed by atoms with E-state index in [0.717, 1.165) is 11.1 Å². The smallest absolute Gasteiger partial charge is 0.408 e. The lowest BCUT2D eigenvalue weighted by atomic mass is 9.95. The van der Waals surface area contributed by atoms with Gasteiger partial charge in [0.1, 0.15) is 18.7 Å². The summed E-state index contributed by atoms with van der Waals surface area (Å²) in [6, 6.07) is 14.5. The maximum absolute atomic E-state index is 13.0. The summed E-state index contributed by atoms with van der Waals surface area (Å²) in [4.78, 5) is 38.0. The fourth-order valence-corrected chi connectivity index (χ4v) is 3.26. The highest BCUT2D eigenvalue weighted by molar-refractivity contribution is 6.03. The van der Waals surface area contributed by atoms with Crippen LogP contribution in [0.3, 0.4) is 0 Å². The fraction of sp³-hybridized carbons (Fsp3) is 0.286. The first-order valence-electron chi connectivity index (χ1n) is 9.08. The minimum atomic E-state index is -1.07. The van der Waals surface area contributed by atoms with Crippen molar-refractivity contribution in [3.63, 3.8) is 0 Å². The minimum Gasteiger partial charge on any atom is -0.480 e. The summed E-state index contributed by atoms with van der Waals surface area (Å²) < 4.78 is 5.14. The lowest BCUT2D eigenvalue weighted by molar-refractivity contribution is -0.140. The molecule has 1 aliphatic heterocycles. The number of carbonyl (C=O) groups excluding carboxylic acids is 2. The molecule has 2 atom stereocenters. The molecule has 0 saturated carbocycles. The third kappa shape index (κ3) is 4.31. The third-order valence-corrected chi connectivity index (χ3v) is 4.69. The van der Waals surface area contributed by atoms with Gasteiger partial charge in [0.25, 0.3) is 0 Å². The molecule has 0 fully saturated rings. The lowest BCUT2D eigenvalue weighted by Gasteiger charge is -2.36. The minimum absolute atomic E-state index is 0.0812. The van der Waals surface area contributed by atoms with Crippen LogP contribution in [0.25, 0.3) is 0 Å². The van der Waals surface area contributed by atoms with Crippen molar-refractivity contribution in [2.24, 2.45) is 0 Å². The molecule has 0 aliphatic carbocycles. The number of alkyl carbamates (subject to hydrolysis) is 1. The summed E-state index contributed by atoms with van der Waals surface area (Å²) in [6.07, 6.45) is 0.169. The largest absolute Gasteiger partial charge is 0.480 e. The van der Waals surface area contributed by atoms with Crippen LogP contribution in [-0.2, 0) is 27.4 Å². The second-order valence-corrected chi connectivity index (χ2v) is 6.66. The summed E-state index contributed by atoms with van der Waals surface area (Å²) in [5, 5.41) is 12.0. The van der Waals surface area contributed by atoms with Gasteiger partial charge in [-0.25, -0.2) is 9.59 Å². The molecule has 1 unspecified atom stereocenters. The van der Waals surface area contributed by atoms with Gasteiger partial charge in [-0.15, -0.1) is 0 Å². The van der Waals surface area contributed by atoms with Crippen molar-refractivity contribution in [1.82, 2.24) is 5.32 Å². The van der Waals surface area contributed by atoms with Crippen molar-refractivity contribution in [3.8, 4) is 0 Å². The van der Waals surface area contributed by atoms with Gasteiger partial charge in [-0.05, 0) is 37.0 Å². The van der Waals surface area contributed by atoms with Crippen LogP contribution < -0.4 is 10.2 Å². The number of nitrogens with zero attached hydrogens (tertiary/aromatic N) is 1. The third-order valence-electron chi connectivity index (χ3n) is 4.69. The van der Waals surface area contributed by atoms with Crippen molar-refractivity contribution < 1.29 is 24.2 Å². The summed E-state index contributed by atoms with van der Waals surface area (Å²) >= 11 is 0. The Kier molecular flexibility index (Phi) is 5.93. The monoisotopic (exact) mass is 382 g/mol. The fourth-order valence-electron chi connectivity index (χ4n) is 3.26. The van der Waals surface area contributed by atoms with Crippen LogP contribution in [0.5, 0.6) is 0 Å². The number of benzene rings is 2. The number of carboxylic acid groups (broad SMARTS) is 1. The first kappa shape index (κ1) is 19.4. The van der Waals surface area contributed by atoms with Crippen LogP contribution in [0.2, 0.25) is 0 Å². The SMILES string of the molecule is CC(NC(=O)OCc1ccccc1)C(=O)N1c2ccccc2CC[C@H]1C(=O)O. The maximum Gasteiger partial charge on any atom is 0.408 e. The molecule has 146 valence electrons. The van der Waals surface area contributed by atoms with E-state index in [9.17, 15) is 19.5 Å². The zero-order valence-corrected chi connectivity index (χ0v) is 15.5. The second-order valence-electron chi connectivity index (χ2n) is 6.66. The van der Waals surface area contributed by atoms with Gasteiger partial charge >= 0.3 is 12.1 Å². The van der Waals surface area contributed by atoms with E-state index in [2.05, 4.69) is 5.32 Å². The Hall–Kier alpha value is -3.35. The first-order valence-corrected chi connectivity index (χ1v) is 9.08. The molecule has 0 aromatic heterocycles. The highest BCUT2D eigenvalue weighted by Crippen LogP contribution is 2.31. The van der Waals surface area contributed by atoms with E-state index in [1.807, 2.05) is 42.5 Å². The maximum atomic E-state index is 13.0. The summed E-state index contributed by atoms with van der Waals surface area (Å²) in [7, 11) is 0. The normalized spacial score (nSPS) is 16.6. The molecule has 0 saturated heterocycles. The Morgan fingerprint density at radius 2 is 1.82 bits per heavy atom. The number of ether oxygens (including phenoxy) is 1. The van der Waals surface area contributed by atoms with Gasteiger partial charge in [-0.3, -0.25) is 9.69 Å². The number of aryl methyl sites for hydroxylation is 1. The van der Waals surface area contributed by atoms with Crippen LogP contribution in [0, 0.1) is 0 Å². The van der Waals surface area contributed by atoms with Gasteiger partial charge in [0.05, 0.1) is 0 Å². The van der Waals surface area contributed by atoms with Gasteiger partial charge in [0, 0.05) is 5.69 Å². The van der Waals surface area contributed by atoms with Crippen LogP contribution >= 0.6 is 0 Å². The predicted molar refractivity (Wildman–Crippen MR) is 103 cm³/mol. The molecule has 1 aliphatic rings. The summed E-state index contributed by atoms with van der Waals surface area (Å²) in [5.74, 6) is -1.56. The molecule has 2 N–H and O–H groups in total. The van der Waals surface area contributed by atoms with Gasteiger partial charge < -0.3 is 15.2 Å². The van der Waals surface area contributed by atoms with E-state index in [1.54, 1.807) is 12.1 Å². The van der Waals surface area contributed by atoms with Gasteiger partial charge in [0.2, 0.25) is 5.91 Å². The van der Waals surface area contributed by atoms with E-state index in [0.29, 0.717) is 18.5 Å². The molecule has 28 heavy (non-hydrogen) atoms. The lowest BCUT2D eigenvalue weighted by Crippen LogP contribution is -2.55. The van der Waals surface area contributed by atoms with Crippen molar-refractivity contribution >= 4 is 23.7 Å². The Balaban J connectivity index is 1.68. The molecular formula is C21H22N2O5. The molecule has 7 heteroatoms. The van der Waals surface area contributed by atoms with Crippen molar-refractivity contribution in [2.45, 2.75) is 38.5 Å². The van der Waals surface area contributed by atoms with E-state index in [4.69, 9.17) is 4.74 Å². The first-order chi connectivity index (χ1) is 13.5. The topological polar surface area (TPSA) is 95.9 Å². The van der Waals surface area contributed by atoms with Crippen LogP contribution in [0.4, 0.5) is 10.5 Å². The molecular weight excluding hydrogens is 360 g/mol. The zero-order valence-electron chi connectivity index (χ0n) is 15.5. The van der Waals surface area contributed by atoms with Crippen molar-refractivity contribution in [3.05, 3.63) is 65.7 Å². The number of hydrogen-bond acceptors (Lipinski definition) is 4. The Morgan fingerprint density at radius 1 is 1.14 bits per heavy atom. The van der Waals surface area contributed by atoms with Crippen molar-refractivity contribution in [2.75, 3.05) is 4.90 Å². The number of hydrogen-bond donors (Lipinski definition) is 2. The number of carbonyl (C=O) groups is 3. The summed E-state index contributed by atoms with van der Waals surface area (Å²) in [6.45, 7) is 1.60. The molecule has 0 bridgehead atoms. The van der Waals surface area contributed by atoms with E-state index < -0.39 is 30.1 Å². The van der Waals surface area contributed by atoms with Gasteiger partial charge in [-0.2, -0.15) is 0 Å². The average molecular weight is 382 g/mol. The van der Waals surface area contributed by atoms with E-state index >= 15 is 0 Å². The van der Waals surface area contributed by atoms with Crippen LogP contribution in [0.15, 0.2) is 54.6 Å². The second kappa shape index (κ2) is 8.56. The Labute approximate surface area is 162 Å². The molecule has 3 rings (SSSR count). The quantitative estimate of drug-likeness (QED) is 0.829. The van der Waals surface area contributed by atoms with Crippen LogP contribution in [-0.4, -0.2) is 35.2 Å². The molecule has 1 heterocycles. The highest BCUT2D eigenvalue weighted by atomic mass is 16.5. The zero-order chi connectivity index (χ0) is 20.1. The predicted octanol–water partition coefficient (Wildman–Crippen LogP) is 2.73. The average Bonchev–Trinajstić information content (AvgIpc) is 2.71. The molecule has 0 radical (unpaired) electrons. The number of amides is 2. The van der Waals surface area contributed by atoms with E-state index in [1.165, 1.54) is 11.8 Å². The Morgan fingerprint density at radius 3 is 2.54 bits per heavy atom. The van der Waals surface area contributed by atoms with Crippen molar-refractivity contribution in [1.29, 1.82) is 0 Å². The highest BCUT2D eigenvalue weighted by Gasteiger charge is 2.37. The number of fused-ring (bicyclic) bond motifs is 1. The number of anilines is 1. The Bertz CT molecular complexity index is 868. The molecule has 0 spiro atoms. The van der Waals surface area contributed by atoms with Gasteiger partial charge in [0.15, 0.2) is 0 Å². The van der Waals surface area contributed by atoms with Crippen LogP contribution in [0.1, 0.15) is 24.5 Å². The number of rotatable bonds is 5. The molecule has 2 aromatic rings. The molecule has 2 aromatic carbocycles. The standard InChI is InChI=1S/C21H22N2O5/c1-14(22-21(27)28-13-15-7-3-2-4-8-15)19(24)23-17-10-6-5-9-16(17)11-12-18(23)20(25)26/h2-10,14,18H,11-13H2,1H3,(H,22,27)(H,25,26)/t14?,18-/m0/s1. The van der Waals surface area contributed by atoms with E-state index in [-0.39, 0.29) is 6.61 Å². The molecule has 2 amide bonds. The number of nitrogens with one attached hydrogen (secondary N) is 1. The number of carboxylic acids is 1. The van der Waals surface area contributed by atoms with Gasteiger partial charge in [-0.1, -0.05) is 48.5 Å². The summed E-state index contributed by atoms with van der Waals surface area (Å²) in [5.41, 5.74) is 2.30. The number of aliphatic carboxylic acids is 1. The number of para-hydroxylation sites is 1.